The molecule has 1 aliphatic heterocycles. The molecule has 1 saturated heterocycles. The van der Waals surface area contributed by atoms with E-state index in [1.807, 2.05) is 11.9 Å². The molecule has 1 aliphatic rings. The van der Waals surface area contributed by atoms with Gasteiger partial charge in [-0.1, -0.05) is 6.92 Å². The van der Waals surface area contributed by atoms with Crippen LogP contribution in [0.1, 0.15) is 13.8 Å². The molecule has 0 aromatic heterocycles. The molecule has 28 heavy (non-hydrogen) atoms. The Labute approximate surface area is 164 Å². The molecule has 1 aromatic rings. The molecule has 1 N–H and O–H groups in total. The van der Waals surface area contributed by atoms with E-state index in [4.69, 9.17) is 4.74 Å². The Balaban J connectivity index is 2.20. The third kappa shape index (κ3) is 5.18. The average Bonchev–Trinajstić information content (AvgIpc) is 2.66. The number of rotatable bonds is 8. The van der Waals surface area contributed by atoms with E-state index in [0.717, 1.165) is 6.07 Å². The van der Waals surface area contributed by atoms with Crippen LogP contribution in [0.15, 0.2) is 23.1 Å². The van der Waals surface area contributed by atoms with Crippen molar-refractivity contribution in [2.75, 3.05) is 51.7 Å². The second kappa shape index (κ2) is 9.30. The highest BCUT2D eigenvalue weighted by atomic mass is 32.2. The van der Waals surface area contributed by atoms with Crippen LogP contribution in [0, 0.1) is 16.0 Å². The Kier molecular flexibility index (Phi) is 7.33. The van der Waals surface area contributed by atoms with Crippen LogP contribution in [0.25, 0.3) is 0 Å². The lowest BCUT2D eigenvalue weighted by molar-refractivity contribution is -0.384. The molecule has 11 heteroatoms. The summed E-state index contributed by atoms with van der Waals surface area (Å²) in [6.07, 6.45) is 0. The molecule has 1 fully saturated rings. The van der Waals surface area contributed by atoms with Gasteiger partial charge in [0.1, 0.15) is 5.69 Å². The largest absolute Gasteiger partial charge is 0.466 e. The van der Waals surface area contributed by atoms with Crippen LogP contribution >= 0.6 is 0 Å². The molecule has 10 nitrogen and oxygen atoms in total. The van der Waals surface area contributed by atoms with E-state index in [2.05, 4.69) is 5.32 Å². The molecule has 0 bridgehead atoms. The minimum absolute atomic E-state index is 0.118. The summed E-state index contributed by atoms with van der Waals surface area (Å²) in [6, 6.07) is 3.77. The van der Waals surface area contributed by atoms with E-state index in [0.29, 0.717) is 26.2 Å². The van der Waals surface area contributed by atoms with Crippen molar-refractivity contribution in [3.05, 3.63) is 28.3 Å². The van der Waals surface area contributed by atoms with Crippen molar-refractivity contribution in [2.24, 2.45) is 5.92 Å². The summed E-state index contributed by atoms with van der Waals surface area (Å²) in [6.45, 7) is 5.60. The van der Waals surface area contributed by atoms with Crippen molar-refractivity contribution in [3.63, 3.8) is 0 Å². The van der Waals surface area contributed by atoms with Gasteiger partial charge in [-0.05, 0) is 26.1 Å². The molecule has 0 amide bonds. The quantitative estimate of drug-likeness (QED) is 0.382. The third-order valence-corrected chi connectivity index (χ3v) is 6.45. The smallest absolute Gasteiger partial charge is 0.310 e. The lowest BCUT2D eigenvalue weighted by Crippen LogP contribution is -2.47. The maximum Gasteiger partial charge on any atom is 0.310 e. The van der Waals surface area contributed by atoms with Gasteiger partial charge in [0.05, 0.1) is 22.3 Å². The lowest BCUT2D eigenvalue weighted by Gasteiger charge is -2.31. The average molecular weight is 414 g/mol. The summed E-state index contributed by atoms with van der Waals surface area (Å²) < 4.78 is 31.9. The highest BCUT2D eigenvalue weighted by molar-refractivity contribution is 7.89. The van der Waals surface area contributed by atoms with Crippen LogP contribution in [0.5, 0.6) is 0 Å². The molecule has 0 aliphatic carbocycles. The summed E-state index contributed by atoms with van der Waals surface area (Å²) in [5.74, 6) is -0.916. The maximum atomic E-state index is 12.8. The number of hydrogen-bond acceptors (Lipinski definition) is 8. The van der Waals surface area contributed by atoms with Crippen LogP contribution in [-0.2, 0) is 19.6 Å². The second-order valence-corrected chi connectivity index (χ2v) is 8.62. The van der Waals surface area contributed by atoms with E-state index in [1.54, 1.807) is 13.8 Å². The molecule has 1 heterocycles. The third-order valence-electron chi connectivity index (χ3n) is 4.55. The fraction of sp³-hybridized carbons (Fsp3) is 0.588. The minimum atomic E-state index is -3.81. The van der Waals surface area contributed by atoms with Gasteiger partial charge in [0, 0.05) is 38.8 Å². The molecule has 0 unspecified atom stereocenters. The molecule has 2 rings (SSSR count). The number of benzene rings is 1. The van der Waals surface area contributed by atoms with Crippen LogP contribution in [-0.4, -0.2) is 74.9 Å². The first-order valence-electron chi connectivity index (χ1n) is 9.04. The van der Waals surface area contributed by atoms with Gasteiger partial charge >= 0.3 is 5.97 Å². The normalized spacial score (nSPS) is 17.1. The van der Waals surface area contributed by atoms with Crippen molar-refractivity contribution >= 4 is 27.4 Å². The van der Waals surface area contributed by atoms with Crippen LogP contribution in [0.4, 0.5) is 11.4 Å². The van der Waals surface area contributed by atoms with Gasteiger partial charge in [0.15, 0.2) is 0 Å². The summed E-state index contributed by atoms with van der Waals surface area (Å²) in [4.78, 5) is 24.4. The number of piperazine rings is 1. The zero-order valence-corrected chi connectivity index (χ0v) is 17.1. The topological polar surface area (TPSA) is 122 Å². The summed E-state index contributed by atoms with van der Waals surface area (Å²) in [7, 11) is -1.90. The zero-order valence-electron chi connectivity index (χ0n) is 16.3. The van der Waals surface area contributed by atoms with Gasteiger partial charge in [0.25, 0.3) is 5.69 Å². The standard InChI is InChI=1S/C17H26N4O6S/c1-4-27-17(22)13(2)12-18-15-6-5-14(11-16(15)21(23)24)28(25,26)20-9-7-19(3)8-10-20/h5-6,11,13,18H,4,7-10,12H2,1-3H3/t13-/m1/s1. The van der Waals surface area contributed by atoms with Crippen LogP contribution in [0.2, 0.25) is 0 Å². The molecule has 156 valence electrons. The van der Waals surface area contributed by atoms with Crippen molar-refractivity contribution in [2.45, 2.75) is 18.7 Å². The number of esters is 1. The Morgan fingerprint density at radius 1 is 1.32 bits per heavy atom. The van der Waals surface area contributed by atoms with Gasteiger partial charge in [-0.3, -0.25) is 14.9 Å². The van der Waals surface area contributed by atoms with Gasteiger partial charge in [-0.2, -0.15) is 4.31 Å². The number of nitro benzene ring substituents is 1. The monoisotopic (exact) mass is 414 g/mol. The molecule has 1 aromatic carbocycles. The Morgan fingerprint density at radius 2 is 1.96 bits per heavy atom. The molecular formula is C17H26N4O6S. The molecule has 0 saturated carbocycles. The summed E-state index contributed by atoms with van der Waals surface area (Å²) in [5, 5.41) is 14.3. The number of carbonyl (C=O) groups is 1. The predicted molar refractivity (Wildman–Crippen MR) is 104 cm³/mol. The fourth-order valence-electron chi connectivity index (χ4n) is 2.78. The number of anilines is 1. The van der Waals surface area contributed by atoms with Crippen molar-refractivity contribution in [3.8, 4) is 0 Å². The second-order valence-electron chi connectivity index (χ2n) is 6.68. The first kappa shape index (κ1) is 22.1. The fourth-order valence-corrected chi connectivity index (χ4v) is 4.22. The number of likely N-dealkylation sites (N-methyl/N-ethyl adjacent to an activating group) is 1. The highest BCUT2D eigenvalue weighted by Gasteiger charge is 2.29. The lowest BCUT2D eigenvalue weighted by atomic mass is 10.1. The predicted octanol–water partition coefficient (Wildman–Crippen LogP) is 1.14. The van der Waals surface area contributed by atoms with E-state index in [1.165, 1.54) is 16.4 Å². The first-order valence-corrected chi connectivity index (χ1v) is 10.5. The molecule has 0 spiro atoms. The van der Waals surface area contributed by atoms with Crippen molar-refractivity contribution < 1.29 is 22.9 Å². The number of ether oxygens (including phenoxy) is 1. The Hall–Kier alpha value is -2.24. The van der Waals surface area contributed by atoms with Gasteiger partial charge < -0.3 is 15.0 Å². The zero-order chi connectivity index (χ0) is 20.9. The Bertz CT molecular complexity index is 821. The van der Waals surface area contributed by atoms with Gasteiger partial charge in [-0.15, -0.1) is 0 Å². The maximum absolute atomic E-state index is 12.8. The SMILES string of the molecule is CCOC(=O)[C@H](C)CNc1ccc(S(=O)(=O)N2CCN(C)CC2)cc1[N+](=O)[O-]. The van der Waals surface area contributed by atoms with Gasteiger partial charge in [-0.25, -0.2) is 8.42 Å². The molecular weight excluding hydrogens is 388 g/mol. The molecule has 0 radical (unpaired) electrons. The highest BCUT2D eigenvalue weighted by Crippen LogP contribution is 2.29. The Morgan fingerprint density at radius 3 is 2.54 bits per heavy atom. The van der Waals surface area contributed by atoms with E-state index >= 15 is 0 Å². The van der Waals surface area contributed by atoms with Gasteiger partial charge in [0.2, 0.25) is 10.0 Å². The van der Waals surface area contributed by atoms with Crippen molar-refractivity contribution in [1.29, 1.82) is 0 Å². The summed E-state index contributed by atoms with van der Waals surface area (Å²) in [5.41, 5.74) is -0.204. The number of nitrogens with zero attached hydrogens (tertiary/aromatic N) is 3. The van der Waals surface area contributed by atoms with Crippen molar-refractivity contribution in [1.82, 2.24) is 9.21 Å². The number of nitro groups is 1. The number of carbonyl (C=O) groups excluding carboxylic acids is 1. The van der Waals surface area contributed by atoms with Crippen LogP contribution in [0.3, 0.4) is 0 Å². The molecule has 1 atom stereocenters. The van der Waals surface area contributed by atoms with Crippen LogP contribution < -0.4 is 5.32 Å². The van der Waals surface area contributed by atoms with E-state index < -0.39 is 26.8 Å². The van der Waals surface area contributed by atoms with E-state index in [-0.39, 0.29) is 29.4 Å². The first-order chi connectivity index (χ1) is 13.2. The summed E-state index contributed by atoms with van der Waals surface area (Å²) >= 11 is 0. The number of sulfonamides is 1. The number of hydrogen-bond donors (Lipinski definition) is 1. The minimum Gasteiger partial charge on any atom is -0.466 e. The number of nitrogens with one attached hydrogen (secondary N) is 1. The van der Waals surface area contributed by atoms with E-state index in [9.17, 15) is 23.3 Å².